The number of anilines is 1. The summed E-state index contributed by atoms with van der Waals surface area (Å²) in [4.78, 5) is 0. The fourth-order valence-corrected chi connectivity index (χ4v) is 2.06. The van der Waals surface area contributed by atoms with Crippen molar-refractivity contribution in [3.05, 3.63) is 52.6 Å². The van der Waals surface area contributed by atoms with Crippen molar-refractivity contribution in [3.63, 3.8) is 0 Å². The minimum atomic E-state index is 0.203. The van der Waals surface area contributed by atoms with Gasteiger partial charge in [0.1, 0.15) is 12.1 Å². The molecular formula is C16H10N4. The standard InChI is InChI=1S/C16H10N4/c1-10-6-13(12-4-2-11(7-17)3-5-12)15(9-19)16(20)14(10)8-18/h2-6H,20H2,1H3. The third-order valence-electron chi connectivity index (χ3n) is 3.11. The number of nitrogen functional groups attached to an aromatic ring is 1. The van der Waals surface area contributed by atoms with Gasteiger partial charge >= 0.3 is 0 Å². The molecule has 2 aromatic carbocycles. The molecule has 0 aliphatic heterocycles. The number of nitrogens with two attached hydrogens (primary N) is 1. The zero-order valence-electron chi connectivity index (χ0n) is 10.8. The van der Waals surface area contributed by atoms with Gasteiger partial charge in [0.15, 0.2) is 0 Å². The summed E-state index contributed by atoms with van der Waals surface area (Å²) in [7, 11) is 0. The lowest BCUT2D eigenvalue weighted by Gasteiger charge is -2.11. The van der Waals surface area contributed by atoms with E-state index < -0.39 is 0 Å². The minimum absolute atomic E-state index is 0.203. The lowest BCUT2D eigenvalue weighted by atomic mass is 9.93. The van der Waals surface area contributed by atoms with Gasteiger partial charge in [0.2, 0.25) is 0 Å². The van der Waals surface area contributed by atoms with Crippen LogP contribution >= 0.6 is 0 Å². The van der Waals surface area contributed by atoms with Crippen molar-refractivity contribution in [2.75, 3.05) is 5.73 Å². The van der Waals surface area contributed by atoms with Crippen LogP contribution in [0.4, 0.5) is 5.69 Å². The van der Waals surface area contributed by atoms with Crippen molar-refractivity contribution in [2.24, 2.45) is 0 Å². The highest BCUT2D eigenvalue weighted by molar-refractivity contribution is 5.81. The number of nitriles is 3. The Kier molecular flexibility index (Phi) is 3.38. The molecule has 20 heavy (non-hydrogen) atoms. The van der Waals surface area contributed by atoms with E-state index in [0.717, 1.165) is 11.1 Å². The normalized spacial score (nSPS) is 9.30. The van der Waals surface area contributed by atoms with E-state index in [0.29, 0.717) is 16.7 Å². The largest absolute Gasteiger partial charge is 0.397 e. The molecule has 0 heterocycles. The summed E-state index contributed by atoms with van der Waals surface area (Å²) < 4.78 is 0. The molecule has 94 valence electrons. The van der Waals surface area contributed by atoms with Crippen molar-refractivity contribution in [1.29, 1.82) is 15.8 Å². The van der Waals surface area contributed by atoms with E-state index in [-0.39, 0.29) is 11.3 Å². The van der Waals surface area contributed by atoms with Gasteiger partial charge in [0.25, 0.3) is 0 Å². The summed E-state index contributed by atoms with van der Waals surface area (Å²) in [5, 5.41) is 27.2. The molecule has 4 heteroatoms. The average Bonchev–Trinajstić information content (AvgIpc) is 2.47. The highest BCUT2D eigenvalue weighted by Gasteiger charge is 2.15. The van der Waals surface area contributed by atoms with Crippen LogP contribution in [0.3, 0.4) is 0 Å². The maximum Gasteiger partial charge on any atom is 0.102 e. The number of benzene rings is 2. The van der Waals surface area contributed by atoms with Crippen LogP contribution in [0, 0.1) is 40.9 Å². The molecule has 2 aromatic rings. The van der Waals surface area contributed by atoms with Crippen LogP contribution in [0.1, 0.15) is 22.3 Å². The van der Waals surface area contributed by atoms with Crippen LogP contribution < -0.4 is 5.73 Å². The summed E-state index contributed by atoms with van der Waals surface area (Å²) in [6.07, 6.45) is 0. The summed E-state index contributed by atoms with van der Waals surface area (Å²) in [5.41, 5.74) is 9.46. The summed E-state index contributed by atoms with van der Waals surface area (Å²) in [5.74, 6) is 0. The molecule has 0 radical (unpaired) electrons. The molecule has 0 aliphatic rings. The van der Waals surface area contributed by atoms with Crippen LogP contribution in [0.15, 0.2) is 30.3 Å². The van der Waals surface area contributed by atoms with E-state index in [9.17, 15) is 5.26 Å². The van der Waals surface area contributed by atoms with Crippen LogP contribution in [-0.4, -0.2) is 0 Å². The van der Waals surface area contributed by atoms with E-state index in [1.54, 1.807) is 37.3 Å². The maximum absolute atomic E-state index is 9.28. The molecule has 0 saturated heterocycles. The van der Waals surface area contributed by atoms with E-state index in [1.165, 1.54) is 0 Å². The predicted octanol–water partition coefficient (Wildman–Crippen LogP) is 2.86. The van der Waals surface area contributed by atoms with Crippen molar-refractivity contribution in [1.82, 2.24) is 0 Å². The smallest absolute Gasteiger partial charge is 0.102 e. The molecule has 0 aliphatic carbocycles. The first kappa shape index (κ1) is 13.1. The fraction of sp³-hybridized carbons (Fsp3) is 0.0625. The molecule has 0 saturated carbocycles. The van der Waals surface area contributed by atoms with Gasteiger partial charge in [-0.05, 0) is 36.2 Å². The topological polar surface area (TPSA) is 97.4 Å². The third-order valence-corrected chi connectivity index (χ3v) is 3.11. The quantitative estimate of drug-likeness (QED) is 0.795. The Morgan fingerprint density at radius 3 is 2.00 bits per heavy atom. The molecule has 2 N–H and O–H groups in total. The molecule has 0 unspecified atom stereocenters. The van der Waals surface area contributed by atoms with Crippen molar-refractivity contribution < 1.29 is 0 Å². The molecule has 4 nitrogen and oxygen atoms in total. The molecule has 0 spiro atoms. The molecule has 0 bridgehead atoms. The molecule has 0 atom stereocenters. The Morgan fingerprint density at radius 1 is 0.900 bits per heavy atom. The van der Waals surface area contributed by atoms with Gasteiger partial charge in [0.05, 0.1) is 28.4 Å². The maximum atomic E-state index is 9.28. The molecular weight excluding hydrogens is 248 g/mol. The minimum Gasteiger partial charge on any atom is -0.397 e. The Balaban J connectivity index is 2.72. The SMILES string of the molecule is Cc1cc(-c2ccc(C#N)cc2)c(C#N)c(N)c1C#N. The lowest BCUT2D eigenvalue weighted by molar-refractivity contribution is 1.37. The van der Waals surface area contributed by atoms with Crippen LogP contribution in [0.5, 0.6) is 0 Å². The Labute approximate surface area is 116 Å². The number of rotatable bonds is 1. The Hall–Kier alpha value is -3.29. The first-order valence-electron chi connectivity index (χ1n) is 5.86. The first-order valence-corrected chi connectivity index (χ1v) is 5.86. The highest BCUT2D eigenvalue weighted by Crippen LogP contribution is 2.32. The lowest BCUT2D eigenvalue weighted by Crippen LogP contribution is -2.00. The predicted molar refractivity (Wildman–Crippen MR) is 75.2 cm³/mol. The van der Waals surface area contributed by atoms with Gasteiger partial charge in [-0.25, -0.2) is 0 Å². The van der Waals surface area contributed by atoms with Gasteiger partial charge < -0.3 is 5.73 Å². The monoisotopic (exact) mass is 258 g/mol. The summed E-state index contributed by atoms with van der Waals surface area (Å²) >= 11 is 0. The van der Waals surface area contributed by atoms with Crippen molar-refractivity contribution in [2.45, 2.75) is 6.92 Å². The van der Waals surface area contributed by atoms with Crippen LogP contribution in [0.25, 0.3) is 11.1 Å². The van der Waals surface area contributed by atoms with Gasteiger partial charge in [-0.1, -0.05) is 12.1 Å². The zero-order chi connectivity index (χ0) is 14.7. The van der Waals surface area contributed by atoms with Crippen LogP contribution in [-0.2, 0) is 0 Å². The summed E-state index contributed by atoms with van der Waals surface area (Å²) in [6, 6.07) is 14.8. The van der Waals surface area contributed by atoms with E-state index >= 15 is 0 Å². The third kappa shape index (κ3) is 2.05. The molecule has 2 rings (SSSR count). The number of hydrogen-bond acceptors (Lipinski definition) is 4. The highest BCUT2D eigenvalue weighted by atomic mass is 14.6. The second-order valence-electron chi connectivity index (χ2n) is 4.32. The summed E-state index contributed by atoms with van der Waals surface area (Å²) in [6.45, 7) is 1.78. The second kappa shape index (κ2) is 5.14. The first-order chi connectivity index (χ1) is 9.62. The van der Waals surface area contributed by atoms with E-state index in [2.05, 4.69) is 6.07 Å². The van der Waals surface area contributed by atoms with E-state index in [1.807, 2.05) is 12.1 Å². The Morgan fingerprint density at radius 2 is 1.50 bits per heavy atom. The van der Waals surface area contributed by atoms with Gasteiger partial charge in [-0.15, -0.1) is 0 Å². The number of hydrogen-bond donors (Lipinski definition) is 1. The zero-order valence-corrected chi connectivity index (χ0v) is 10.8. The van der Waals surface area contributed by atoms with Crippen molar-refractivity contribution >= 4 is 5.69 Å². The Bertz CT molecular complexity index is 797. The van der Waals surface area contributed by atoms with E-state index in [4.69, 9.17) is 16.3 Å². The molecule has 0 fully saturated rings. The fourth-order valence-electron chi connectivity index (χ4n) is 2.06. The average molecular weight is 258 g/mol. The van der Waals surface area contributed by atoms with Crippen molar-refractivity contribution in [3.8, 4) is 29.3 Å². The van der Waals surface area contributed by atoms with Gasteiger partial charge in [-0.3, -0.25) is 0 Å². The van der Waals surface area contributed by atoms with Gasteiger partial charge in [0, 0.05) is 5.56 Å². The molecule has 0 amide bonds. The number of aryl methyl sites for hydroxylation is 1. The van der Waals surface area contributed by atoms with Gasteiger partial charge in [-0.2, -0.15) is 15.8 Å². The van der Waals surface area contributed by atoms with Crippen LogP contribution in [0.2, 0.25) is 0 Å². The number of nitrogens with zero attached hydrogens (tertiary/aromatic N) is 3. The molecule has 0 aromatic heterocycles. The second-order valence-corrected chi connectivity index (χ2v) is 4.32.